The van der Waals surface area contributed by atoms with Crippen LogP contribution in [0.25, 0.3) is 0 Å². The summed E-state index contributed by atoms with van der Waals surface area (Å²) < 4.78 is 7.31. The molecule has 3 heterocycles. The standard InChI is InChI=1S/C16H25N7O/c1-13-9-15(20-16(17)19-13)22-5-3-21(4-6-22)11-14-10-18-12-23(14)7-8-24-2/h9-10,12H,3-8,11H2,1-2H3,(H2,17,19,20). The van der Waals surface area contributed by atoms with E-state index in [1.165, 1.54) is 5.69 Å². The number of imidazole rings is 1. The lowest BCUT2D eigenvalue weighted by atomic mass is 10.2. The summed E-state index contributed by atoms with van der Waals surface area (Å²) in [6, 6.07) is 1.99. The van der Waals surface area contributed by atoms with Crippen LogP contribution < -0.4 is 10.6 Å². The molecule has 0 saturated carbocycles. The minimum atomic E-state index is 0.342. The number of ether oxygens (including phenoxy) is 1. The fourth-order valence-electron chi connectivity index (χ4n) is 2.97. The van der Waals surface area contributed by atoms with Crippen LogP contribution in [0.1, 0.15) is 11.4 Å². The Morgan fingerprint density at radius 3 is 2.71 bits per heavy atom. The molecule has 0 aromatic carbocycles. The van der Waals surface area contributed by atoms with Crippen LogP contribution in [0, 0.1) is 6.92 Å². The first-order chi connectivity index (χ1) is 11.7. The van der Waals surface area contributed by atoms with Crippen molar-refractivity contribution in [3.05, 3.63) is 30.0 Å². The number of nitrogen functional groups attached to an aromatic ring is 1. The Morgan fingerprint density at radius 1 is 1.21 bits per heavy atom. The predicted molar refractivity (Wildman–Crippen MR) is 92.8 cm³/mol. The number of rotatable bonds is 6. The Kier molecular flexibility index (Phi) is 5.27. The van der Waals surface area contributed by atoms with Crippen molar-refractivity contribution in [1.29, 1.82) is 0 Å². The van der Waals surface area contributed by atoms with Crippen LogP contribution in [0.5, 0.6) is 0 Å². The molecule has 130 valence electrons. The average Bonchev–Trinajstić information content (AvgIpc) is 3.00. The molecule has 0 spiro atoms. The lowest BCUT2D eigenvalue weighted by Gasteiger charge is -2.35. The Labute approximate surface area is 142 Å². The molecule has 8 nitrogen and oxygen atoms in total. The van der Waals surface area contributed by atoms with Crippen LogP contribution in [0.2, 0.25) is 0 Å². The smallest absolute Gasteiger partial charge is 0.222 e. The van der Waals surface area contributed by atoms with E-state index in [9.17, 15) is 0 Å². The summed E-state index contributed by atoms with van der Waals surface area (Å²) in [5.41, 5.74) is 7.89. The molecule has 8 heteroatoms. The van der Waals surface area contributed by atoms with Crippen molar-refractivity contribution >= 4 is 11.8 Å². The van der Waals surface area contributed by atoms with Crippen molar-refractivity contribution in [2.75, 3.05) is 50.5 Å². The van der Waals surface area contributed by atoms with E-state index in [0.29, 0.717) is 12.6 Å². The van der Waals surface area contributed by atoms with Gasteiger partial charge in [0.1, 0.15) is 5.82 Å². The van der Waals surface area contributed by atoms with Gasteiger partial charge >= 0.3 is 0 Å². The van der Waals surface area contributed by atoms with Crippen LogP contribution in [-0.4, -0.2) is 64.3 Å². The summed E-state index contributed by atoms with van der Waals surface area (Å²) >= 11 is 0. The van der Waals surface area contributed by atoms with Crippen molar-refractivity contribution in [1.82, 2.24) is 24.4 Å². The zero-order valence-electron chi connectivity index (χ0n) is 14.4. The molecule has 1 fully saturated rings. The second-order valence-electron chi connectivity index (χ2n) is 6.06. The molecule has 1 saturated heterocycles. The molecule has 24 heavy (non-hydrogen) atoms. The summed E-state index contributed by atoms with van der Waals surface area (Å²) in [5.74, 6) is 1.26. The van der Waals surface area contributed by atoms with Gasteiger partial charge < -0.3 is 19.9 Å². The van der Waals surface area contributed by atoms with E-state index in [0.717, 1.165) is 50.8 Å². The molecule has 0 unspecified atom stereocenters. The first kappa shape index (κ1) is 16.7. The molecule has 0 bridgehead atoms. The summed E-state index contributed by atoms with van der Waals surface area (Å²) in [5, 5.41) is 0. The fourth-order valence-corrected chi connectivity index (χ4v) is 2.97. The number of aromatic nitrogens is 4. The van der Waals surface area contributed by atoms with Crippen molar-refractivity contribution in [3.8, 4) is 0 Å². The van der Waals surface area contributed by atoms with Gasteiger partial charge in [0.15, 0.2) is 0 Å². The normalized spacial score (nSPS) is 15.8. The third-order valence-electron chi connectivity index (χ3n) is 4.27. The van der Waals surface area contributed by atoms with Crippen LogP contribution in [0.15, 0.2) is 18.6 Å². The molecule has 0 amide bonds. The molecule has 1 aliphatic rings. The molecule has 1 aliphatic heterocycles. The molecule has 0 aliphatic carbocycles. The lowest BCUT2D eigenvalue weighted by Crippen LogP contribution is -2.46. The molecule has 2 aromatic rings. The van der Waals surface area contributed by atoms with E-state index in [2.05, 4.69) is 29.3 Å². The zero-order valence-corrected chi connectivity index (χ0v) is 14.4. The summed E-state index contributed by atoms with van der Waals surface area (Å²) in [4.78, 5) is 17.5. The van der Waals surface area contributed by atoms with Gasteiger partial charge in [-0.25, -0.2) is 9.97 Å². The minimum absolute atomic E-state index is 0.342. The van der Waals surface area contributed by atoms with E-state index in [1.807, 2.05) is 25.5 Å². The van der Waals surface area contributed by atoms with E-state index < -0.39 is 0 Å². The van der Waals surface area contributed by atoms with Gasteiger partial charge in [-0.1, -0.05) is 0 Å². The number of piperazine rings is 1. The summed E-state index contributed by atoms with van der Waals surface area (Å²) in [6.07, 6.45) is 3.81. The second-order valence-corrected chi connectivity index (χ2v) is 6.06. The lowest BCUT2D eigenvalue weighted by molar-refractivity contribution is 0.183. The predicted octanol–water partition coefficient (Wildman–Crippen LogP) is 0.532. The molecule has 0 atom stereocenters. The van der Waals surface area contributed by atoms with Gasteiger partial charge in [0.25, 0.3) is 0 Å². The molecule has 2 aromatic heterocycles. The molecule has 0 radical (unpaired) electrons. The van der Waals surface area contributed by atoms with Crippen molar-refractivity contribution < 1.29 is 4.74 Å². The summed E-state index contributed by atoms with van der Waals surface area (Å²) in [7, 11) is 1.72. The number of hydrogen-bond donors (Lipinski definition) is 1. The largest absolute Gasteiger partial charge is 0.383 e. The first-order valence-electron chi connectivity index (χ1n) is 8.22. The number of nitrogens with two attached hydrogens (primary N) is 1. The van der Waals surface area contributed by atoms with E-state index in [-0.39, 0.29) is 0 Å². The highest BCUT2D eigenvalue weighted by molar-refractivity contribution is 5.43. The summed E-state index contributed by atoms with van der Waals surface area (Å²) in [6.45, 7) is 8.22. The Bertz CT molecular complexity index is 644. The van der Waals surface area contributed by atoms with Crippen molar-refractivity contribution in [2.24, 2.45) is 0 Å². The second kappa shape index (κ2) is 7.59. The quantitative estimate of drug-likeness (QED) is 0.826. The average molecular weight is 331 g/mol. The number of methoxy groups -OCH3 is 1. The highest BCUT2D eigenvalue weighted by Gasteiger charge is 2.19. The molecular formula is C16H25N7O. The Balaban J connectivity index is 1.56. The molecular weight excluding hydrogens is 306 g/mol. The first-order valence-corrected chi connectivity index (χ1v) is 8.22. The van der Waals surface area contributed by atoms with E-state index in [1.54, 1.807) is 7.11 Å². The third-order valence-corrected chi connectivity index (χ3v) is 4.27. The van der Waals surface area contributed by atoms with Gasteiger partial charge in [-0.2, -0.15) is 4.98 Å². The number of anilines is 2. The minimum Gasteiger partial charge on any atom is -0.383 e. The highest BCUT2D eigenvalue weighted by Crippen LogP contribution is 2.17. The monoisotopic (exact) mass is 331 g/mol. The third kappa shape index (κ3) is 4.01. The molecule has 2 N–H and O–H groups in total. The van der Waals surface area contributed by atoms with Crippen LogP contribution in [-0.2, 0) is 17.8 Å². The van der Waals surface area contributed by atoms with Gasteiger partial charge in [0, 0.05) is 64.3 Å². The van der Waals surface area contributed by atoms with Crippen LogP contribution >= 0.6 is 0 Å². The van der Waals surface area contributed by atoms with Gasteiger partial charge in [-0.15, -0.1) is 0 Å². The van der Waals surface area contributed by atoms with Crippen LogP contribution in [0.3, 0.4) is 0 Å². The van der Waals surface area contributed by atoms with Crippen molar-refractivity contribution in [2.45, 2.75) is 20.0 Å². The topological polar surface area (TPSA) is 85.3 Å². The van der Waals surface area contributed by atoms with Crippen LogP contribution in [0.4, 0.5) is 11.8 Å². The Morgan fingerprint density at radius 2 is 2.00 bits per heavy atom. The number of hydrogen-bond acceptors (Lipinski definition) is 7. The highest BCUT2D eigenvalue weighted by atomic mass is 16.5. The maximum absolute atomic E-state index is 5.76. The maximum Gasteiger partial charge on any atom is 0.222 e. The van der Waals surface area contributed by atoms with Gasteiger partial charge in [-0.05, 0) is 6.92 Å². The zero-order chi connectivity index (χ0) is 16.9. The fraction of sp³-hybridized carbons (Fsp3) is 0.562. The number of nitrogens with zero attached hydrogens (tertiary/aromatic N) is 6. The van der Waals surface area contributed by atoms with E-state index in [4.69, 9.17) is 10.5 Å². The number of aryl methyl sites for hydroxylation is 1. The van der Waals surface area contributed by atoms with Gasteiger partial charge in [0.2, 0.25) is 5.95 Å². The SMILES string of the molecule is COCCn1cncc1CN1CCN(c2cc(C)nc(N)n2)CC1. The van der Waals surface area contributed by atoms with Gasteiger partial charge in [-0.3, -0.25) is 4.90 Å². The van der Waals surface area contributed by atoms with E-state index >= 15 is 0 Å². The van der Waals surface area contributed by atoms with Crippen molar-refractivity contribution in [3.63, 3.8) is 0 Å². The molecule has 3 rings (SSSR count). The maximum atomic E-state index is 5.76. The van der Waals surface area contributed by atoms with Gasteiger partial charge in [0.05, 0.1) is 18.6 Å². The Hall–Kier alpha value is -2.19.